The first-order valence-electron chi connectivity index (χ1n) is 11.4. The summed E-state index contributed by atoms with van der Waals surface area (Å²) < 4.78 is 6.22. The molecule has 0 aromatic carbocycles. The van der Waals surface area contributed by atoms with Crippen molar-refractivity contribution in [2.75, 3.05) is 0 Å². The molecule has 0 amide bonds. The van der Waals surface area contributed by atoms with Crippen molar-refractivity contribution in [1.29, 1.82) is 0 Å². The zero-order valence-corrected chi connectivity index (χ0v) is 16.5. The molecule has 10 unspecified atom stereocenters. The maximum atomic E-state index is 12.2. The van der Waals surface area contributed by atoms with Gasteiger partial charge in [0, 0.05) is 24.2 Å². The Balaban J connectivity index is 1.33. The van der Waals surface area contributed by atoms with E-state index >= 15 is 0 Å². The zero-order valence-electron chi connectivity index (χ0n) is 16.5. The lowest BCUT2D eigenvalue weighted by Gasteiger charge is -2.60. The van der Waals surface area contributed by atoms with Crippen molar-refractivity contribution in [3.05, 3.63) is 11.6 Å². The van der Waals surface area contributed by atoms with E-state index in [4.69, 9.17) is 4.74 Å². The van der Waals surface area contributed by atoms with E-state index in [2.05, 4.69) is 19.9 Å². The van der Waals surface area contributed by atoms with E-state index in [9.17, 15) is 9.59 Å². The molecule has 1 aliphatic heterocycles. The normalized spacial score (nSPS) is 62.0. The summed E-state index contributed by atoms with van der Waals surface area (Å²) in [7, 11) is 0. The molecule has 0 bridgehead atoms. The maximum Gasteiger partial charge on any atom is 0.306 e. The summed E-state index contributed by atoms with van der Waals surface area (Å²) in [6.45, 7) is 4.99. The molecule has 7 rings (SSSR count). The average molecular weight is 367 g/mol. The minimum Gasteiger partial charge on any atom is -0.458 e. The van der Waals surface area contributed by atoms with Gasteiger partial charge in [-0.25, -0.2) is 0 Å². The van der Waals surface area contributed by atoms with Gasteiger partial charge < -0.3 is 4.74 Å². The van der Waals surface area contributed by atoms with Crippen LogP contribution in [0.2, 0.25) is 0 Å². The van der Waals surface area contributed by atoms with Crippen LogP contribution < -0.4 is 0 Å². The van der Waals surface area contributed by atoms with Gasteiger partial charge in [-0.2, -0.15) is 0 Å². The molecule has 0 N–H and O–H groups in total. The molecular weight excluding hydrogens is 336 g/mol. The first-order valence-corrected chi connectivity index (χ1v) is 11.4. The summed E-state index contributed by atoms with van der Waals surface area (Å²) >= 11 is 0. The largest absolute Gasteiger partial charge is 0.458 e. The molecule has 0 aromatic heterocycles. The van der Waals surface area contributed by atoms with Crippen LogP contribution in [0.3, 0.4) is 0 Å². The number of carbonyl (C=O) groups excluding carboxylic acids is 2. The van der Waals surface area contributed by atoms with Crippen LogP contribution in [0.5, 0.6) is 0 Å². The predicted octanol–water partition coefficient (Wildman–Crippen LogP) is 4.31. The minimum absolute atomic E-state index is 0.0561. The minimum atomic E-state index is -0.131. The van der Waals surface area contributed by atoms with Gasteiger partial charge in [-0.05, 0) is 85.5 Å². The molecule has 144 valence electrons. The number of ether oxygens (including phenoxy) is 1. The smallest absolute Gasteiger partial charge is 0.306 e. The molecule has 6 aliphatic carbocycles. The van der Waals surface area contributed by atoms with Crippen LogP contribution in [-0.4, -0.2) is 17.4 Å². The van der Waals surface area contributed by atoms with Crippen LogP contribution in [-0.2, 0) is 14.3 Å². The molecule has 3 nitrogen and oxygen atoms in total. The second-order valence-corrected chi connectivity index (χ2v) is 11.5. The fourth-order valence-corrected chi connectivity index (χ4v) is 9.74. The van der Waals surface area contributed by atoms with E-state index in [0.717, 1.165) is 48.9 Å². The van der Waals surface area contributed by atoms with Crippen molar-refractivity contribution >= 4 is 11.8 Å². The standard InChI is InChI=1S/C24H30O3/c1-22-6-3-12(25)9-17(22)13-10-14(13)20-16(22)4-7-23(2)21(20)15-11-18(15)24(23)8-5-19(26)27-24/h9,13-16,18,20-21H,3-8,10-11H2,1-2H3. The molecule has 1 saturated heterocycles. The Hall–Kier alpha value is -1.12. The van der Waals surface area contributed by atoms with Gasteiger partial charge in [0.2, 0.25) is 0 Å². The van der Waals surface area contributed by atoms with Gasteiger partial charge in [-0.1, -0.05) is 19.4 Å². The topological polar surface area (TPSA) is 43.4 Å². The summed E-state index contributed by atoms with van der Waals surface area (Å²) in [5, 5.41) is 0. The lowest BCUT2D eigenvalue weighted by molar-refractivity contribution is -0.177. The van der Waals surface area contributed by atoms with Crippen LogP contribution in [0.25, 0.3) is 0 Å². The van der Waals surface area contributed by atoms with Crippen molar-refractivity contribution in [1.82, 2.24) is 0 Å². The molecule has 5 saturated carbocycles. The van der Waals surface area contributed by atoms with Gasteiger partial charge in [0.25, 0.3) is 0 Å². The van der Waals surface area contributed by atoms with E-state index in [1.54, 1.807) is 0 Å². The highest BCUT2D eigenvalue weighted by Crippen LogP contribution is 2.82. The SMILES string of the molecule is CC12CCC(=O)C=C1C1CC1C1C2CCC2(C)C1C1CC1C21CCC(=O)O1. The Morgan fingerprint density at radius 3 is 2.63 bits per heavy atom. The van der Waals surface area contributed by atoms with Crippen LogP contribution in [0, 0.1) is 52.3 Å². The van der Waals surface area contributed by atoms with Crippen LogP contribution in [0.4, 0.5) is 0 Å². The number of esters is 1. The number of fused-ring (bicyclic) bond motifs is 12. The second kappa shape index (κ2) is 4.39. The van der Waals surface area contributed by atoms with Gasteiger partial charge in [-0.15, -0.1) is 0 Å². The second-order valence-electron chi connectivity index (χ2n) is 11.5. The average Bonchev–Trinajstić information content (AvgIpc) is 3.53. The molecule has 0 radical (unpaired) electrons. The summed E-state index contributed by atoms with van der Waals surface area (Å²) in [6.07, 6.45) is 10.6. The van der Waals surface area contributed by atoms with Crippen molar-refractivity contribution in [3.63, 3.8) is 0 Å². The van der Waals surface area contributed by atoms with E-state index in [1.165, 1.54) is 31.3 Å². The third-order valence-electron chi connectivity index (χ3n) is 10.9. The Bertz CT molecular complexity index is 827. The zero-order chi connectivity index (χ0) is 18.3. The lowest BCUT2D eigenvalue weighted by Crippen LogP contribution is -2.57. The maximum absolute atomic E-state index is 12.2. The molecule has 7 aliphatic rings. The number of allylic oxidation sites excluding steroid dienone is 1. The first kappa shape index (κ1) is 15.8. The van der Waals surface area contributed by atoms with Crippen LogP contribution in [0.1, 0.15) is 65.2 Å². The van der Waals surface area contributed by atoms with Crippen molar-refractivity contribution < 1.29 is 14.3 Å². The Labute approximate surface area is 161 Å². The number of hydrogen-bond donors (Lipinski definition) is 0. The van der Waals surface area contributed by atoms with Crippen LogP contribution in [0.15, 0.2) is 11.6 Å². The number of carbonyl (C=O) groups is 2. The summed E-state index contributed by atoms with van der Waals surface area (Å²) in [5.74, 6) is 5.65. The highest BCUT2D eigenvalue weighted by atomic mass is 16.6. The fraction of sp³-hybridized carbons (Fsp3) is 0.833. The number of ketones is 1. The van der Waals surface area contributed by atoms with Crippen LogP contribution >= 0.6 is 0 Å². The Kier molecular flexibility index (Phi) is 2.56. The monoisotopic (exact) mass is 366 g/mol. The van der Waals surface area contributed by atoms with Gasteiger partial charge >= 0.3 is 5.97 Å². The third-order valence-corrected chi connectivity index (χ3v) is 10.9. The highest BCUT2D eigenvalue weighted by molar-refractivity contribution is 5.92. The van der Waals surface area contributed by atoms with Crippen molar-refractivity contribution in [2.24, 2.45) is 52.3 Å². The molecule has 6 fully saturated rings. The van der Waals surface area contributed by atoms with Gasteiger partial charge in [-0.3, -0.25) is 9.59 Å². The molecule has 1 heterocycles. The summed E-state index contributed by atoms with van der Waals surface area (Å²) in [6, 6.07) is 0. The van der Waals surface area contributed by atoms with E-state index in [0.29, 0.717) is 24.0 Å². The van der Waals surface area contributed by atoms with Gasteiger partial charge in [0.05, 0.1) is 0 Å². The van der Waals surface area contributed by atoms with E-state index in [1.807, 2.05) is 0 Å². The van der Waals surface area contributed by atoms with Gasteiger partial charge in [0.15, 0.2) is 5.78 Å². The number of rotatable bonds is 0. The molecule has 3 heteroatoms. The van der Waals surface area contributed by atoms with E-state index in [-0.39, 0.29) is 22.4 Å². The lowest BCUT2D eigenvalue weighted by atomic mass is 9.45. The predicted molar refractivity (Wildman–Crippen MR) is 99.5 cm³/mol. The molecular formula is C24H30O3. The van der Waals surface area contributed by atoms with Gasteiger partial charge in [0.1, 0.15) is 5.60 Å². The Morgan fingerprint density at radius 2 is 1.85 bits per heavy atom. The quantitative estimate of drug-likeness (QED) is 0.600. The molecule has 0 aromatic rings. The summed E-state index contributed by atoms with van der Waals surface area (Å²) in [5.41, 5.74) is 1.85. The highest BCUT2D eigenvalue weighted by Gasteiger charge is 2.81. The fourth-order valence-electron chi connectivity index (χ4n) is 9.74. The number of hydrogen-bond acceptors (Lipinski definition) is 3. The Morgan fingerprint density at radius 1 is 1.00 bits per heavy atom. The summed E-state index contributed by atoms with van der Waals surface area (Å²) in [4.78, 5) is 24.3. The van der Waals surface area contributed by atoms with E-state index < -0.39 is 0 Å². The first-order chi connectivity index (χ1) is 12.9. The molecule has 1 spiro atoms. The molecule has 10 atom stereocenters. The molecule has 27 heavy (non-hydrogen) atoms. The van der Waals surface area contributed by atoms with Crippen molar-refractivity contribution in [3.8, 4) is 0 Å². The van der Waals surface area contributed by atoms with Crippen molar-refractivity contribution in [2.45, 2.75) is 70.8 Å². The third kappa shape index (κ3) is 1.58.